The summed E-state index contributed by atoms with van der Waals surface area (Å²) in [6.45, 7) is 5.77. The molecule has 3 N–H and O–H groups in total. The maximum Gasteiger partial charge on any atom is 0.251 e. The lowest BCUT2D eigenvalue weighted by Crippen LogP contribution is -2.39. The van der Waals surface area contributed by atoms with Crippen LogP contribution >= 0.6 is 0 Å². The zero-order chi connectivity index (χ0) is 14.5. The van der Waals surface area contributed by atoms with E-state index in [2.05, 4.69) is 19.2 Å². The van der Waals surface area contributed by atoms with Crippen LogP contribution < -0.4 is 20.5 Å². The van der Waals surface area contributed by atoms with Crippen molar-refractivity contribution in [2.45, 2.75) is 26.3 Å². The van der Waals surface area contributed by atoms with Gasteiger partial charge in [-0.15, -0.1) is 0 Å². The second-order valence-electron chi connectivity index (χ2n) is 5.26. The van der Waals surface area contributed by atoms with Crippen LogP contribution in [0.4, 0.5) is 0 Å². The van der Waals surface area contributed by atoms with Gasteiger partial charge in [0.1, 0.15) is 13.2 Å². The summed E-state index contributed by atoms with van der Waals surface area (Å²) in [5.74, 6) is 1.56. The molecule has 1 unspecified atom stereocenters. The molecule has 1 aliphatic rings. The van der Waals surface area contributed by atoms with Crippen LogP contribution in [0.2, 0.25) is 0 Å². The van der Waals surface area contributed by atoms with Gasteiger partial charge in [0.05, 0.1) is 0 Å². The highest BCUT2D eigenvalue weighted by atomic mass is 16.6. The average molecular weight is 278 g/mol. The second-order valence-corrected chi connectivity index (χ2v) is 5.26. The Morgan fingerprint density at radius 3 is 2.65 bits per heavy atom. The van der Waals surface area contributed by atoms with Crippen molar-refractivity contribution in [1.82, 2.24) is 5.32 Å². The highest BCUT2D eigenvalue weighted by Crippen LogP contribution is 2.30. The first kappa shape index (κ1) is 14.7. The number of hydrogen-bond donors (Lipinski definition) is 2. The van der Waals surface area contributed by atoms with Crippen LogP contribution in [0.25, 0.3) is 0 Å². The van der Waals surface area contributed by atoms with Gasteiger partial charge in [-0.25, -0.2) is 0 Å². The molecule has 1 heterocycles. The minimum absolute atomic E-state index is 0.0840. The Bertz CT molecular complexity index is 474. The van der Waals surface area contributed by atoms with Crippen molar-refractivity contribution in [2.24, 2.45) is 11.7 Å². The minimum atomic E-state index is -0.103. The van der Waals surface area contributed by atoms with Crippen LogP contribution in [0.5, 0.6) is 11.5 Å². The molecule has 5 nitrogen and oxygen atoms in total. The molecule has 0 aromatic heterocycles. The van der Waals surface area contributed by atoms with Crippen molar-refractivity contribution in [3.63, 3.8) is 0 Å². The van der Waals surface area contributed by atoms with Gasteiger partial charge in [0.2, 0.25) is 0 Å². The highest BCUT2D eigenvalue weighted by Gasteiger charge is 2.19. The lowest BCUT2D eigenvalue weighted by atomic mass is 10.0. The van der Waals surface area contributed by atoms with Crippen molar-refractivity contribution in [3.8, 4) is 11.5 Å². The number of amides is 1. The molecule has 0 spiro atoms. The van der Waals surface area contributed by atoms with E-state index in [1.54, 1.807) is 18.2 Å². The van der Waals surface area contributed by atoms with Gasteiger partial charge in [-0.1, -0.05) is 13.8 Å². The molecule has 1 atom stereocenters. The molecule has 5 heteroatoms. The molecule has 1 aromatic carbocycles. The predicted molar refractivity (Wildman–Crippen MR) is 77.2 cm³/mol. The van der Waals surface area contributed by atoms with E-state index in [9.17, 15) is 4.79 Å². The Morgan fingerprint density at radius 1 is 1.30 bits per heavy atom. The van der Waals surface area contributed by atoms with Crippen molar-refractivity contribution >= 4 is 5.91 Å². The molecule has 0 radical (unpaired) electrons. The zero-order valence-corrected chi connectivity index (χ0v) is 12.0. The number of nitrogens with one attached hydrogen (secondary N) is 1. The first-order chi connectivity index (χ1) is 9.61. The Morgan fingerprint density at radius 2 is 2.00 bits per heavy atom. The first-order valence-electron chi connectivity index (χ1n) is 7.02. The normalized spacial score (nSPS) is 15.0. The molecule has 1 amide bonds. The van der Waals surface area contributed by atoms with Gasteiger partial charge in [-0.2, -0.15) is 0 Å². The number of hydrogen-bond acceptors (Lipinski definition) is 4. The van der Waals surface area contributed by atoms with Crippen molar-refractivity contribution in [3.05, 3.63) is 23.8 Å². The molecular formula is C15H22N2O3. The highest BCUT2D eigenvalue weighted by molar-refractivity contribution is 5.95. The number of carbonyl (C=O) groups is 1. The third-order valence-electron chi connectivity index (χ3n) is 3.40. The van der Waals surface area contributed by atoms with Crippen LogP contribution in [0.15, 0.2) is 18.2 Å². The predicted octanol–water partition coefficient (Wildman–Crippen LogP) is 1.56. The smallest absolute Gasteiger partial charge is 0.251 e. The summed E-state index contributed by atoms with van der Waals surface area (Å²) in [5.41, 5.74) is 6.17. The maximum atomic E-state index is 12.3. The van der Waals surface area contributed by atoms with Gasteiger partial charge in [0.15, 0.2) is 11.5 Å². The summed E-state index contributed by atoms with van der Waals surface area (Å²) < 4.78 is 10.9. The van der Waals surface area contributed by atoms with Crippen LogP contribution in [-0.2, 0) is 0 Å². The molecule has 110 valence electrons. The number of rotatable bonds is 5. The molecule has 0 saturated carbocycles. The number of carbonyl (C=O) groups excluding carboxylic acids is 1. The zero-order valence-electron chi connectivity index (χ0n) is 12.0. The van der Waals surface area contributed by atoms with E-state index in [1.807, 2.05) is 0 Å². The Kier molecular flexibility index (Phi) is 4.84. The molecule has 1 aliphatic heterocycles. The topological polar surface area (TPSA) is 73.6 Å². The maximum absolute atomic E-state index is 12.3. The fourth-order valence-corrected chi connectivity index (χ4v) is 2.19. The van der Waals surface area contributed by atoms with Gasteiger partial charge < -0.3 is 20.5 Å². The largest absolute Gasteiger partial charge is 0.486 e. The fraction of sp³-hybridized carbons (Fsp3) is 0.533. The van der Waals surface area contributed by atoms with Crippen LogP contribution in [0, 0.1) is 5.92 Å². The van der Waals surface area contributed by atoms with Gasteiger partial charge in [-0.3, -0.25) is 4.79 Å². The molecule has 0 fully saturated rings. The molecule has 0 saturated heterocycles. The first-order valence-corrected chi connectivity index (χ1v) is 7.02. The summed E-state index contributed by atoms with van der Waals surface area (Å²) in [7, 11) is 0. The van der Waals surface area contributed by atoms with E-state index < -0.39 is 0 Å². The third kappa shape index (κ3) is 3.42. The monoisotopic (exact) mass is 278 g/mol. The molecule has 2 rings (SSSR count). The number of fused-ring (bicyclic) bond motifs is 1. The number of benzene rings is 1. The van der Waals surface area contributed by atoms with E-state index >= 15 is 0 Å². The molecular weight excluding hydrogens is 256 g/mol. The summed E-state index contributed by atoms with van der Waals surface area (Å²) in [4.78, 5) is 12.3. The van der Waals surface area contributed by atoms with Gasteiger partial charge in [0.25, 0.3) is 5.91 Å². The quantitative estimate of drug-likeness (QED) is 0.857. The van der Waals surface area contributed by atoms with E-state index in [1.165, 1.54) is 0 Å². The standard InChI is InChI=1S/C15H22N2O3/c1-10(2)12(5-6-16)17-15(18)11-3-4-13-14(9-11)20-8-7-19-13/h3-4,9-10,12H,5-8,16H2,1-2H3,(H,17,18). The third-order valence-corrected chi connectivity index (χ3v) is 3.40. The summed E-state index contributed by atoms with van der Waals surface area (Å²) in [6.07, 6.45) is 0.772. The summed E-state index contributed by atoms with van der Waals surface area (Å²) in [6, 6.07) is 5.34. The number of nitrogens with two attached hydrogens (primary N) is 1. The Balaban J connectivity index is 2.08. The molecule has 1 aromatic rings. The lowest BCUT2D eigenvalue weighted by molar-refractivity contribution is 0.0923. The SMILES string of the molecule is CC(C)C(CCN)NC(=O)c1ccc2c(c1)OCCO2. The van der Waals surface area contributed by atoms with Crippen molar-refractivity contribution in [1.29, 1.82) is 0 Å². The van der Waals surface area contributed by atoms with Crippen LogP contribution in [0.3, 0.4) is 0 Å². The summed E-state index contributed by atoms with van der Waals surface area (Å²) >= 11 is 0. The lowest BCUT2D eigenvalue weighted by Gasteiger charge is -2.22. The van der Waals surface area contributed by atoms with Gasteiger partial charge in [0, 0.05) is 11.6 Å². The van der Waals surface area contributed by atoms with E-state index in [-0.39, 0.29) is 11.9 Å². The van der Waals surface area contributed by atoms with Gasteiger partial charge >= 0.3 is 0 Å². The molecule has 0 aliphatic carbocycles. The molecule has 20 heavy (non-hydrogen) atoms. The Labute approximate surface area is 119 Å². The summed E-state index contributed by atoms with van der Waals surface area (Å²) in [5, 5.41) is 3.03. The van der Waals surface area contributed by atoms with Crippen molar-refractivity contribution < 1.29 is 14.3 Å². The second kappa shape index (κ2) is 6.61. The van der Waals surface area contributed by atoms with E-state index in [0.717, 1.165) is 6.42 Å². The van der Waals surface area contributed by atoms with E-state index in [4.69, 9.17) is 15.2 Å². The average Bonchev–Trinajstić information content (AvgIpc) is 2.46. The van der Waals surface area contributed by atoms with E-state index in [0.29, 0.717) is 42.7 Å². The fourth-order valence-electron chi connectivity index (χ4n) is 2.19. The number of ether oxygens (including phenoxy) is 2. The van der Waals surface area contributed by atoms with Crippen LogP contribution in [-0.4, -0.2) is 31.7 Å². The van der Waals surface area contributed by atoms with Gasteiger partial charge in [-0.05, 0) is 37.1 Å². The van der Waals surface area contributed by atoms with Crippen molar-refractivity contribution in [2.75, 3.05) is 19.8 Å². The molecule has 0 bridgehead atoms. The minimum Gasteiger partial charge on any atom is -0.486 e. The Hall–Kier alpha value is -1.75. The van der Waals surface area contributed by atoms with Crippen LogP contribution in [0.1, 0.15) is 30.6 Å².